The standard InChI is InChI=1S/C13H18ClN5O/c1-8-4-5-9(6-10(8)14)7-20-19-12(16)17-11(15)18-13(19,2)3/h4-6H,7H2,1-3H3,(H4,15,16,17,18). The topological polar surface area (TPSA) is 89.2 Å². The predicted octanol–water partition coefficient (Wildman–Crippen LogP) is 1.76. The first-order chi connectivity index (χ1) is 9.29. The van der Waals surface area contributed by atoms with Crippen molar-refractivity contribution in [3.63, 3.8) is 0 Å². The normalized spacial score (nSPS) is 17.7. The molecule has 1 aliphatic heterocycles. The van der Waals surface area contributed by atoms with Gasteiger partial charge in [-0.3, -0.25) is 4.84 Å². The Morgan fingerprint density at radius 2 is 2.05 bits per heavy atom. The Hall–Kier alpha value is -1.79. The lowest BCUT2D eigenvalue weighted by molar-refractivity contribution is -0.166. The van der Waals surface area contributed by atoms with Gasteiger partial charge in [-0.2, -0.15) is 10.1 Å². The Morgan fingerprint density at radius 1 is 1.35 bits per heavy atom. The number of hydrogen-bond donors (Lipinski definition) is 2. The van der Waals surface area contributed by atoms with E-state index >= 15 is 0 Å². The summed E-state index contributed by atoms with van der Waals surface area (Å²) in [7, 11) is 0. The SMILES string of the molecule is Cc1ccc(CON2C(N)=NC(N)=NC2(C)C)cc1Cl. The van der Waals surface area contributed by atoms with Crippen LogP contribution in [0.3, 0.4) is 0 Å². The molecule has 4 N–H and O–H groups in total. The number of aliphatic imine (C=N–C) groups is 2. The highest BCUT2D eigenvalue weighted by molar-refractivity contribution is 6.31. The van der Waals surface area contributed by atoms with Gasteiger partial charge >= 0.3 is 0 Å². The molecule has 0 fully saturated rings. The molecule has 1 heterocycles. The van der Waals surface area contributed by atoms with E-state index in [0.29, 0.717) is 11.6 Å². The van der Waals surface area contributed by atoms with Gasteiger partial charge in [0.15, 0.2) is 5.66 Å². The quantitative estimate of drug-likeness (QED) is 0.889. The molecule has 0 atom stereocenters. The van der Waals surface area contributed by atoms with Crippen molar-refractivity contribution in [2.45, 2.75) is 33.0 Å². The Morgan fingerprint density at radius 3 is 2.65 bits per heavy atom. The molecule has 20 heavy (non-hydrogen) atoms. The van der Waals surface area contributed by atoms with Gasteiger partial charge in [-0.05, 0) is 38.0 Å². The Bertz CT molecular complexity index is 582. The first kappa shape index (κ1) is 14.6. The third-order valence-electron chi connectivity index (χ3n) is 2.92. The summed E-state index contributed by atoms with van der Waals surface area (Å²) in [5.74, 6) is 0.325. The van der Waals surface area contributed by atoms with Crippen LogP contribution in [0, 0.1) is 6.92 Å². The van der Waals surface area contributed by atoms with Gasteiger partial charge in [0.05, 0.1) is 0 Å². The van der Waals surface area contributed by atoms with E-state index in [0.717, 1.165) is 11.1 Å². The molecule has 2 rings (SSSR count). The molecule has 0 aliphatic carbocycles. The van der Waals surface area contributed by atoms with Crippen LogP contribution in [0.25, 0.3) is 0 Å². The zero-order chi connectivity index (χ0) is 14.9. The van der Waals surface area contributed by atoms with E-state index in [2.05, 4.69) is 9.98 Å². The maximum atomic E-state index is 6.08. The molecular formula is C13H18ClN5O. The fourth-order valence-electron chi connectivity index (χ4n) is 1.88. The second-order valence-electron chi connectivity index (χ2n) is 5.09. The number of benzene rings is 1. The van der Waals surface area contributed by atoms with Crippen molar-refractivity contribution in [2.24, 2.45) is 21.5 Å². The number of rotatable bonds is 3. The molecule has 0 spiro atoms. The summed E-state index contributed by atoms with van der Waals surface area (Å²) in [6.45, 7) is 5.94. The van der Waals surface area contributed by atoms with Crippen LogP contribution in [0.15, 0.2) is 28.2 Å². The summed E-state index contributed by atoms with van der Waals surface area (Å²) in [5.41, 5.74) is 12.7. The van der Waals surface area contributed by atoms with Crippen molar-refractivity contribution in [1.29, 1.82) is 0 Å². The molecule has 7 heteroatoms. The highest BCUT2D eigenvalue weighted by Crippen LogP contribution is 2.22. The van der Waals surface area contributed by atoms with Crippen molar-refractivity contribution in [1.82, 2.24) is 5.06 Å². The number of guanidine groups is 2. The van der Waals surface area contributed by atoms with Gasteiger partial charge < -0.3 is 11.5 Å². The molecule has 0 aromatic heterocycles. The lowest BCUT2D eigenvalue weighted by Crippen LogP contribution is -2.53. The number of halogens is 1. The summed E-state index contributed by atoms with van der Waals surface area (Å²) in [6, 6.07) is 5.75. The second-order valence-corrected chi connectivity index (χ2v) is 5.49. The summed E-state index contributed by atoms with van der Waals surface area (Å²) >= 11 is 6.08. The minimum absolute atomic E-state index is 0.144. The van der Waals surface area contributed by atoms with Gasteiger partial charge in [0.1, 0.15) is 6.61 Å². The molecule has 0 amide bonds. The third-order valence-corrected chi connectivity index (χ3v) is 3.33. The lowest BCUT2D eigenvalue weighted by atomic mass is 10.2. The summed E-state index contributed by atoms with van der Waals surface area (Å²) < 4.78 is 0. The zero-order valence-corrected chi connectivity index (χ0v) is 12.5. The number of nitrogens with zero attached hydrogens (tertiary/aromatic N) is 3. The van der Waals surface area contributed by atoms with Crippen molar-refractivity contribution in [3.8, 4) is 0 Å². The highest BCUT2D eigenvalue weighted by atomic mass is 35.5. The number of aryl methyl sites for hydroxylation is 1. The molecule has 1 aliphatic rings. The largest absolute Gasteiger partial charge is 0.368 e. The van der Waals surface area contributed by atoms with Gasteiger partial charge in [-0.1, -0.05) is 23.7 Å². The average molecular weight is 296 g/mol. The molecule has 0 radical (unpaired) electrons. The molecule has 108 valence electrons. The summed E-state index contributed by atoms with van der Waals surface area (Å²) in [4.78, 5) is 13.8. The van der Waals surface area contributed by atoms with Gasteiger partial charge in [0.25, 0.3) is 0 Å². The minimum Gasteiger partial charge on any atom is -0.368 e. The molecule has 0 unspecified atom stereocenters. The number of hydroxylamine groups is 2. The van der Waals surface area contributed by atoms with Crippen LogP contribution in [0.5, 0.6) is 0 Å². The van der Waals surface area contributed by atoms with Crippen molar-refractivity contribution >= 4 is 23.5 Å². The first-order valence-corrected chi connectivity index (χ1v) is 6.55. The fourth-order valence-corrected chi connectivity index (χ4v) is 2.09. The van der Waals surface area contributed by atoms with Crippen LogP contribution < -0.4 is 11.5 Å². The van der Waals surface area contributed by atoms with E-state index in [9.17, 15) is 0 Å². The molecule has 1 aromatic rings. The van der Waals surface area contributed by atoms with Crippen LogP contribution in [0.4, 0.5) is 0 Å². The van der Waals surface area contributed by atoms with E-state index in [-0.39, 0.29) is 11.9 Å². The van der Waals surface area contributed by atoms with Crippen LogP contribution in [0.2, 0.25) is 5.02 Å². The Labute approximate surface area is 123 Å². The van der Waals surface area contributed by atoms with E-state index in [1.807, 2.05) is 39.0 Å². The van der Waals surface area contributed by atoms with Crippen LogP contribution in [-0.4, -0.2) is 22.6 Å². The van der Waals surface area contributed by atoms with E-state index < -0.39 is 5.66 Å². The summed E-state index contributed by atoms with van der Waals surface area (Å²) in [5, 5.41) is 2.14. The summed E-state index contributed by atoms with van der Waals surface area (Å²) in [6.07, 6.45) is 0. The maximum Gasteiger partial charge on any atom is 0.226 e. The Kier molecular flexibility index (Phi) is 3.87. The van der Waals surface area contributed by atoms with E-state index in [1.54, 1.807) is 0 Å². The van der Waals surface area contributed by atoms with E-state index in [1.165, 1.54) is 5.06 Å². The molecule has 6 nitrogen and oxygen atoms in total. The van der Waals surface area contributed by atoms with Gasteiger partial charge in [0, 0.05) is 5.02 Å². The second kappa shape index (κ2) is 5.30. The fraction of sp³-hybridized carbons (Fsp3) is 0.385. The van der Waals surface area contributed by atoms with Crippen LogP contribution in [0.1, 0.15) is 25.0 Å². The average Bonchev–Trinajstić information content (AvgIpc) is 2.31. The van der Waals surface area contributed by atoms with Crippen LogP contribution in [-0.2, 0) is 11.4 Å². The maximum absolute atomic E-state index is 6.08. The first-order valence-electron chi connectivity index (χ1n) is 6.17. The van der Waals surface area contributed by atoms with Gasteiger partial charge in [0.2, 0.25) is 11.9 Å². The smallest absolute Gasteiger partial charge is 0.226 e. The molecule has 0 saturated carbocycles. The monoisotopic (exact) mass is 295 g/mol. The van der Waals surface area contributed by atoms with Gasteiger partial charge in [-0.15, -0.1) is 0 Å². The van der Waals surface area contributed by atoms with Gasteiger partial charge in [-0.25, -0.2) is 4.99 Å². The molecule has 0 saturated heterocycles. The molecule has 1 aromatic carbocycles. The van der Waals surface area contributed by atoms with Crippen molar-refractivity contribution in [3.05, 3.63) is 34.3 Å². The Balaban J connectivity index is 2.10. The molecular weight excluding hydrogens is 278 g/mol. The third kappa shape index (κ3) is 3.02. The number of hydrogen-bond acceptors (Lipinski definition) is 6. The van der Waals surface area contributed by atoms with Crippen molar-refractivity contribution < 1.29 is 4.84 Å². The lowest BCUT2D eigenvalue weighted by Gasteiger charge is -2.36. The van der Waals surface area contributed by atoms with E-state index in [4.69, 9.17) is 27.9 Å². The van der Waals surface area contributed by atoms with Crippen LogP contribution >= 0.6 is 11.6 Å². The minimum atomic E-state index is -0.704. The zero-order valence-electron chi connectivity index (χ0n) is 11.7. The number of nitrogens with two attached hydrogens (primary N) is 2. The highest BCUT2D eigenvalue weighted by Gasteiger charge is 2.33. The predicted molar refractivity (Wildman–Crippen MR) is 80.1 cm³/mol. The molecule has 0 bridgehead atoms. The van der Waals surface area contributed by atoms with Crippen molar-refractivity contribution in [2.75, 3.05) is 0 Å².